The molecule has 1 aliphatic carbocycles. The average molecular weight is 200 g/mol. The van der Waals surface area contributed by atoms with Crippen LogP contribution in [0.1, 0.15) is 25.7 Å². The third-order valence-electron chi connectivity index (χ3n) is 2.59. The highest BCUT2D eigenvalue weighted by Crippen LogP contribution is 2.24. The highest BCUT2D eigenvalue weighted by Gasteiger charge is 2.26. The van der Waals surface area contributed by atoms with Crippen LogP contribution < -0.4 is 11.1 Å². The predicted octanol–water partition coefficient (Wildman–Crippen LogP) is -0.295. The maximum atomic E-state index is 10.7. The van der Waals surface area contributed by atoms with Crippen molar-refractivity contribution in [3.8, 4) is 0 Å². The van der Waals surface area contributed by atoms with Gasteiger partial charge in [-0.05, 0) is 19.3 Å². The second kappa shape index (κ2) is 4.95. The third-order valence-corrected chi connectivity index (χ3v) is 2.59. The van der Waals surface area contributed by atoms with Crippen LogP contribution in [0.25, 0.3) is 0 Å². The van der Waals surface area contributed by atoms with Crippen molar-refractivity contribution in [2.45, 2.75) is 31.7 Å². The fourth-order valence-electron chi connectivity index (χ4n) is 1.84. The van der Waals surface area contributed by atoms with E-state index in [9.17, 15) is 9.59 Å². The van der Waals surface area contributed by atoms with E-state index in [2.05, 4.69) is 5.32 Å². The van der Waals surface area contributed by atoms with Gasteiger partial charge in [0.2, 0.25) is 5.91 Å². The normalized spacial score (nSPS) is 27.1. The van der Waals surface area contributed by atoms with Gasteiger partial charge < -0.3 is 16.2 Å². The van der Waals surface area contributed by atoms with Crippen LogP contribution in [0, 0.1) is 5.92 Å². The van der Waals surface area contributed by atoms with Crippen LogP contribution in [-0.4, -0.2) is 29.6 Å². The van der Waals surface area contributed by atoms with Crippen molar-refractivity contribution in [2.24, 2.45) is 11.7 Å². The van der Waals surface area contributed by atoms with Gasteiger partial charge in [-0.1, -0.05) is 6.42 Å². The molecule has 5 heteroatoms. The number of carboxylic acid groups (broad SMARTS) is 1. The summed E-state index contributed by atoms with van der Waals surface area (Å²) in [6.07, 6.45) is 3.16. The molecule has 0 aromatic rings. The van der Waals surface area contributed by atoms with Crippen LogP contribution in [0.2, 0.25) is 0 Å². The molecular formula is C9H16N2O3. The summed E-state index contributed by atoms with van der Waals surface area (Å²) in [7, 11) is 0. The van der Waals surface area contributed by atoms with Crippen LogP contribution in [0.3, 0.4) is 0 Å². The molecule has 0 spiro atoms. The monoisotopic (exact) mass is 200 g/mol. The molecule has 1 fully saturated rings. The van der Waals surface area contributed by atoms with Gasteiger partial charge in [0.25, 0.3) is 0 Å². The van der Waals surface area contributed by atoms with Gasteiger partial charge in [0, 0.05) is 6.04 Å². The Labute approximate surface area is 82.7 Å². The second-order valence-electron chi connectivity index (χ2n) is 3.75. The lowest BCUT2D eigenvalue weighted by molar-refractivity contribution is -0.143. The molecule has 0 bridgehead atoms. The van der Waals surface area contributed by atoms with Crippen molar-refractivity contribution in [2.75, 3.05) is 6.54 Å². The van der Waals surface area contributed by atoms with Crippen LogP contribution in [0.15, 0.2) is 0 Å². The average Bonchev–Trinajstić information content (AvgIpc) is 2.15. The fraction of sp³-hybridized carbons (Fsp3) is 0.778. The van der Waals surface area contributed by atoms with Gasteiger partial charge >= 0.3 is 5.97 Å². The Bertz CT molecular complexity index is 230. The van der Waals surface area contributed by atoms with Crippen LogP contribution >= 0.6 is 0 Å². The second-order valence-corrected chi connectivity index (χ2v) is 3.75. The number of hydrogen-bond donors (Lipinski definition) is 3. The Morgan fingerprint density at radius 2 is 2.14 bits per heavy atom. The molecule has 5 nitrogen and oxygen atoms in total. The fourth-order valence-corrected chi connectivity index (χ4v) is 1.84. The number of carbonyl (C=O) groups is 2. The Balaban J connectivity index is 2.32. The number of nitrogens with two attached hydrogens (primary N) is 1. The first-order valence-electron chi connectivity index (χ1n) is 4.84. The summed E-state index contributed by atoms with van der Waals surface area (Å²) >= 11 is 0. The molecule has 0 saturated heterocycles. The van der Waals surface area contributed by atoms with E-state index < -0.39 is 11.9 Å². The molecule has 0 aromatic carbocycles. The maximum absolute atomic E-state index is 10.7. The van der Waals surface area contributed by atoms with Crippen molar-refractivity contribution in [3.63, 3.8) is 0 Å². The molecular weight excluding hydrogens is 184 g/mol. The largest absolute Gasteiger partial charge is 0.481 e. The van der Waals surface area contributed by atoms with Gasteiger partial charge in [-0.15, -0.1) is 0 Å². The Kier molecular flexibility index (Phi) is 3.88. The first-order chi connectivity index (χ1) is 6.59. The number of rotatable bonds is 4. The zero-order chi connectivity index (χ0) is 10.6. The number of primary amides is 1. The van der Waals surface area contributed by atoms with E-state index in [1.807, 2.05) is 0 Å². The van der Waals surface area contributed by atoms with Gasteiger partial charge in [-0.2, -0.15) is 0 Å². The van der Waals surface area contributed by atoms with Crippen molar-refractivity contribution in [1.29, 1.82) is 0 Å². The molecule has 0 heterocycles. The highest BCUT2D eigenvalue weighted by atomic mass is 16.4. The predicted molar refractivity (Wildman–Crippen MR) is 50.6 cm³/mol. The van der Waals surface area contributed by atoms with E-state index in [4.69, 9.17) is 10.8 Å². The van der Waals surface area contributed by atoms with Gasteiger partial charge in [-0.25, -0.2) is 0 Å². The molecule has 0 aromatic heterocycles. The summed E-state index contributed by atoms with van der Waals surface area (Å²) in [5.74, 6) is -1.41. The van der Waals surface area contributed by atoms with Gasteiger partial charge in [0.1, 0.15) is 0 Å². The van der Waals surface area contributed by atoms with E-state index >= 15 is 0 Å². The number of amides is 1. The minimum Gasteiger partial charge on any atom is -0.481 e. The molecule has 0 radical (unpaired) electrons. The Morgan fingerprint density at radius 3 is 2.71 bits per heavy atom. The molecule has 1 saturated carbocycles. The quantitative estimate of drug-likeness (QED) is 0.581. The molecule has 2 unspecified atom stereocenters. The molecule has 0 aliphatic heterocycles. The number of carbonyl (C=O) groups excluding carboxylic acids is 1. The van der Waals surface area contributed by atoms with Crippen LogP contribution in [-0.2, 0) is 9.59 Å². The smallest absolute Gasteiger partial charge is 0.306 e. The molecule has 1 rings (SSSR count). The van der Waals surface area contributed by atoms with E-state index in [-0.39, 0.29) is 18.5 Å². The maximum Gasteiger partial charge on any atom is 0.306 e. The van der Waals surface area contributed by atoms with E-state index in [1.165, 1.54) is 0 Å². The van der Waals surface area contributed by atoms with Crippen molar-refractivity contribution in [3.05, 3.63) is 0 Å². The summed E-state index contributed by atoms with van der Waals surface area (Å²) in [6.45, 7) is 0.136. The zero-order valence-electron chi connectivity index (χ0n) is 8.03. The highest BCUT2D eigenvalue weighted by molar-refractivity contribution is 5.76. The summed E-state index contributed by atoms with van der Waals surface area (Å²) in [5, 5.41) is 11.8. The first-order valence-corrected chi connectivity index (χ1v) is 4.84. The number of aliphatic carboxylic acids is 1. The minimum atomic E-state index is -0.740. The van der Waals surface area contributed by atoms with E-state index in [1.54, 1.807) is 0 Å². The van der Waals surface area contributed by atoms with Gasteiger partial charge in [0.05, 0.1) is 12.5 Å². The minimum absolute atomic E-state index is 0.123. The standard InChI is InChI=1S/C9H16N2O3/c10-8(12)5-11-7-3-1-2-6(4-7)9(13)14/h6-7,11H,1-5H2,(H2,10,12)(H,13,14). The number of hydrogen-bond acceptors (Lipinski definition) is 3. The lowest BCUT2D eigenvalue weighted by atomic mass is 9.86. The summed E-state index contributed by atoms with van der Waals surface area (Å²) in [5.41, 5.74) is 4.99. The molecule has 4 N–H and O–H groups in total. The Morgan fingerprint density at radius 1 is 1.43 bits per heavy atom. The van der Waals surface area contributed by atoms with Crippen molar-refractivity contribution >= 4 is 11.9 Å². The lowest BCUT2D eigenvalue weighted by Crippen LogP contribution is -2.40. The molecule has 1 amide bonds. The third kappa shape index (κ3) is 3.33. The van der Waals surface area contributed by atoms with Gasteiger partial charge in [0.15, 0.2) is 0 Å². The summed E-state index contributed by atoms with van der Waals surface area (Å²) < 4.78 is 0. The molecule has 80 valence electrons. The molecule has 2 atom stereocenters. The van der Waals surface area contributed by atoms with E-state index in [0.29, 0.717) is 6.42 Å². The van der Waals surface area contributed by atoms with Gasteiger partial charge in [-0.3, -0.25) is 9.59 Å². The summed E-state index contributed by atoms with van der Waals surface area (Å²) in [4.78, 5) is 21.2. The summed E-state index contributed by atoms with van der Waals surface area (Å²) in [6, 6.07) is 0.123. The lowest BCUT2D eigenvalue weighted by Gasteiger charge is -2.26. The van der Waals surface area contributed by atoms with Crippen molar-refractivity contribution in [1.82, 2.24) is 5.32 Å². The topological polar surface area (TPSA) is 92.4 Å². The van der Waals surface area contributed by atoms with Crippen molar-refractivity contribution < 1.29 is 14.7 Å². The SMILES string of the molecule is NC(=O)CNC1CCCC(C(=O)O)C1. The van der Waals surface area contributed by atoms with E-state index in [0.717, 1.165) is 19.3 Å². The number of nitrogens with one attached hydrogen (secondary N) is 1. The number of carboxylic acids is 1. The molecule has 1 aliphatic rings. The van der Waals surface area contributed by atoms with Crippen LogP contribution in [0.4, 0.5) is 0 Å². The Hall–Kier alpha value is -1.10. The zero-order valence-corrected chi connectivity index (χ0v) is 8.03. The first kappa shape index (κ1) is 11.0. The van der Waals surface area contributed by atoms with Crippen LogP contribution in [0.5, 0.6) is 0 Å². The molecule has 14 heavy (non-hydrogen) atoms.